The second kappa shape index (κ2) is 9.25. The van der Waals surface area contributed by atoms with Crippen LogP contribution in [0.5, 0.6) is 0 Å². The zero-order chi connectivity index (χ0) is 23.6. The third-order valence-corrected chi connectivity index (χ3v) is 6.94. The van der Waals surface area contributed by atoms with Gasteiger partial charge in [0.2, 0.25) is 5.91 Å². The summed E-state index contributed by atoms with van der Waals surface area (Å²) < 4.78 is 5.52. The minimum absolute atomic E-state index is 0.0142. The number of fused-ring (bicyclic) bond motifs is 3. The lowest BCUT2D eigenvalue weighted by atomic mass is 9.98. The molecule has 1 atom stereocenters. The third-order valence-electron chi connectivity index (χ3n) is 6.94. The number of rotatable bonds is 9. The first-order valence-corrected chi connectivity index (χ1v) is 11.4. The summed E-state index contributed by atoms with van der Waals surface area (Å²) >= 11 is 0. The maximum Gasteiger partial charge on any atom is 0.407 e. The van der Waals surface area contributed by atoms with Gasteiger partial charge in [-0.15, -0.1) is 0 Å². The normalized spacial score (nSPS) is 16.3. The van der Waals surface area contributed by atoms with Crippen LogP contribution >= 0.6 is 0 Å². The number of carbonyl (C=O) groups is 3. The number of amides is 2. The van der Waals surface area contributed by atoms with Gasteiger partial charge in [-0.1, -0.05) is 55.5 Å². The molecule has 33 heavy (non-hydrogen) atoms. The fourth-order valence-corrected chi connectivity index (χ4v) is 4.72. The number of likely N-dealkylation sites (N-methyl/N-ethyl adjacent to an activating group) is 1. The van der Waals surface area contributed by atoms with E-state index in [0.29, 0.717) is 32.2 Å². The van der Waals surface area contributed by atoms with Crippen LogP contribution in [0.15, 0.2) is 48.5 Å². The van der Waals surface area contributed by atoms with Crippen LogP contribution < -0.4 is 5.32 Å². The molecule has 0 heterocycles. The molecular formula is C26H30N2O5. The molecule has 2 aromatic carbocycles. The Balaban J connectivity index is 1.22. The first kappa shape index (κ1) is 22.8. The van der Waals surface area contributed by atoms with Crippen molar-refractivity contribution >= 4 is 18.0 Å². The van der Waals surface area contributed by atoms with Crippen LogP contribution in [0.2, 0.25) is 0 Å². The number of benzene rings is 2. The number of nitrogens with zero attached hydrogens (tertiary/aromatic N) is 1. The van der Waals surface area contributed by atoms with E-state index >= 15 is 0 Å². The van der Waals surface area contributed by atoms with Gasteiger partial charge in [0.1, 0.15) is 12.1 Å². The summed E-state index contributed by atoms with van der Waals surface area (Å²) in [7, 11) is 1.56. The van der Waals surface area contributed by atoms with E-state index in [0.717, 1.165) is 11.1 Å². The molecule has 0 bridgehead atoms. The van der Waals surface area contributed by atoms with E-state index < -0.39 is 17.6 Å². The first-order valence-electron chi connectivity index (χ1n) is 11.4. The number of hydrogen-bond acceptors (Lipinski definition) is 4. The van der Waals surface area contributed by atoms with E-state index in [9.17, 15) is 19.5 Å². The largest absolute Gasteiger partial charge is 0.479 e. The number of ether oxygens (including phenoxy) is 1. The quantitative estimate of drug-likeness (QED) is 0.563. The maximum atomic E-state index is 12.6. The molecule has 2 aliphatic rings. The molecule has 7 nitrogen and oxygen atoms in total. The average molecular weight is 451 g/mol. The van der Waals surface area contributed by atoms with Crippen molar-refractivity contribution in [3.05, 3.63) is 59.7 Å². The van der Waals surface area contributed by atoms with Crippen molar-refractivity contribution in [1.29, 1.82) is 0 Å². The van der Waals surface area contributed by atoms with Gasteiger partial charge in [-0.2, -0.15) is 0 Å². The molecule has 0 aromatic heterocycles. The summed E-state index contributed by atoms with van der Waals surface area (Å²) in [6.45, 7) is 2.45. The molecule has 7 heteroatoms. The molecule has 0 radical (unpaired) electrons. The van der Waals surface area contributed by atoms with Gasteiger partial charge in [-0.3, -0.25) is 4.79 Å². The standard InChI is InChI=1S/C26H30N2O5/c1-17(23(29)28(2)26(13-14-26)24(30)31)8-7-15-27-25(32)33-16-22-20-11-5-3-9-18(20)19-10-4-6-12-21(19)22/h3-6,9-12,17,22H,7-8,13-16H2,1-2H3,(H,27,32)(H,30,31). The number of carbonyl (C=O) groups excluding carboxylic acids is 2. The van der Waals surface area contributed by atoms with E-state index in [1.54, 1.807) is 14.0 Å². The maximum absolute atomic E-state index is 12.6. The van der Waals surface area contributed by atoms with Crippen molar-refractivity contribution in [3.8, 4) is 11.1 Å². The van der Waals surface area contributed by atoms with Crippen molar-refractivity contribution in [1.82, 2.24) is 10.2 Å². The summed E-state index contributed by atoms with van der Waals surface area (Å²) in [6.07, 6.45) is 1.69. The number of carboxylic acid groups (broad SMARTS) is 1. The molecule has 0 aliphatic heterocycles. The Hall–Kier alpha value is -3.35. The van der Waals surface area contributed by atoms with Crippen molar-refractivity contribution in [2.75, 3.05) is 20.2 Å². The zero-order valence-corrected chi connectivity index (χ0v) is 19.0. The minimum atomic E-state index is -1.02. The van der Waals surface area contributed by atoms with E-state index in [-0.39, 0.29) is 24.3 Å². The number of aliphatic carboxylic acids is 1. The second-order valence-corrected chi connectivity index (χ2v) is 9.03. The Morgan fingerprint density at radius 1 is 1.09 bits per heavy atom. The van der Waals surface area contributed by atoms with Gasteiger partial charge in [0.05, 0.1) is 0 Å². The fraction of sp³-hybridized carbons (Fsp3) is 0.423. The van der Waals surface area contributed by atoms with E-state index in [1.807, 2.05) is 24.3 Å². The molecule has 2 N–H and O–H groups in total. The fourth-order valence-electron chi connectivity index (χ4n) is 4.72. The second-order valence-electron chi connectivity index (χ2n) is 9.03. The molecule has 4 rings (SSSR count). The van der Waals surface area contributed by atoms with Crippen molar-refractivity contribution in [2.24, 2.45) is 5.92 Å². The lowest BCUT2D eigenvalue weighted by Gasteiger charge is -2.27. The van der Waals surface area contributed by atoms with E-state index in [1.165, 1.54) is 16.0 Å². The highest BCUT2D eigenvalue weighted by molar-refractivity contribution is 5.90. The smallest absolute Gasteiger partial charge is 0.407 e. The Bertz CT molecular complexity index is 1020. The minimum Gasteiger partial charge on any atom is -0.479 e. The van der Waals surface area contributed by atoms with E-state index in [2.05, 4.69) is 29.6 Å². The zero-order valence-electron chi connectivity index (χ0n) is 19.0. The highest BCUT2D eigenvalue weighted by atomic mass is 16.5. The summed E-state index contributed by atoms with van der Waals surface area (Å²) in [4.78, 5) is 37.6. The van der Waals surface area contributed by atoms with Crippen LogP contribution in [-0.4, -0.2) is 53.7 Å². The lowest BCUT2D eigenvalue weighted by molar-refractivity contribution is -0.152. The SMILES string of the molecule is CC(CCCNC(=O)OCC1c2ccccc2-c2ccccc21)C(=O)N(C)C1(C(=O)O)CC1. The van der Waals surface area contributed by atoms with Gasteiger partial charge < -0.3 is 20.1 Å². The van der Waals surface area contributed by atoms with Crippen molar-refractivity contribution < 1.29 is 24.2 Å². The molecule has 174 valence electrons. The third kappa shape index (κ3) is 4.45. The van der Waals surface area contributed by atoms with Crippen LogP contribution in [0.4, 0.5) is 4.79 Å². The molecule has 0 spiro atoms. The van der Waals surface area contributed by atoms with Gasteiger partial charge in [0.15, 0.2) is 0 Å². The first-order chi connectivity index (χ1) is 15.8. The molecular weight excluding hydrogens is 420 g/mol. The monoisotopic (exact) mass is 450 g/mol. The number of alkyl carbamates (subject to hydrolysis) is 1. The molecule has 2 amide bonds. The Labute approximate surface area is 193 Å². The predicted octanol–water partition coefficient (Wildman–Crippen LogP) is 4.02. The van der Waals surface area contributed by atoms with Gasteiger partial charge in [0.25, 0.3) is 0 Å². The summed E-state index contributed by atoms with van der Waals surface area (Å²) in [6, 6.07) is 16.4. The van der Waals surface area contributed by atoms with Crippen LogP contribution in [0.1, 0.15) is 49.7 Å². The van der Waals surface area contributed by atoms with Gasteiger partial charge in [-0.05, 0) is 47.9 Å². The van der Waals surface area contributed by atoms with Crippen LogP contribution in [0.3, 0.4) is 0 Å². The van der Waals surface area contributed by atoms with Crippen LogP contribution in [0, 0.1) is 5.92 Å². The number of nitrogens with one attached hydrogen (secondary N) is 1. The lowest BCUT2D eigenvalue weighted by Crippen LogP contribution is -2.46. The molecule has 1 saturated carbocycles. The molecule has 0 saturated heterocycles. The molecule has 2 aliphatic carbocycles. The van der Waals surface area contributed by atoms with Gasteiger partial charge in [0, 0.05) is 25.4 Å². The van der Waals surface area contributed by atoms with Crippen LogP contribution in [0.25, 0.3) is 11.1 Å². The summed E-state index contributed by atoms with van der Waals surface area (Å²) in [5, 5.41) is 12.1. The predicted molar refractivity (Wildman–Crippen MR) is 124 cm³/mol. The van der Waals surface area contributed by atoms with Gasteiger partial charge >= 0.3 is 12.1 Å². The topological polar surface area (TPSA) is 95.9 Å². The summed E-state index contributed by atoms with van der Waals surface area (Å²) in [5.41, 5.74) is 3.67. The van der Waals surface area contributed by atoms with Crippen molar-refractivity contribution in [3.63, 3.8) is 0 Å². The molecule has 1 unspecified atom stereocenters. The highest BCUT2D eigenvalue weighted by Crippen LogP contribution is 2.44. The molecule has 1 fully saturated rings. The Kier molecular flexibility index (Phi) is 6.40. The van der Waals surface area contributed by atoms with Crippen LogP contribution in [-0.2, 0) is 14.3 Å². The van der Waals surface area contributed by atoms with Crippen molar-refractivity contribution in [2.45, 2.75) is 44.1 Å². The van der Waals surface area contributed by atoms with E-state index in [4.69, 9.17) is 4.74 Å². The molecule has 2 aromatic rings. The van der Waals surface area contributed by atoms with Gasteiger partial charge in [-0.25, -0.2) is 9.59 Å². The average Bonchev–Trinajstić information content (AvgIpc) is 3.58. The Morgan fingerprint density at radius 3 is 2.21 bits per heavy atom. The number of carboxylic acids is 1. The number of hydrogen-bond donors (Lipinski definition) is 2. The highest BCUT2D eigenvalue weighted by Gasteiger charge is 2.55. The summed E-state index contributed by atoms with van der Waals surface area (Å²) in [5.74, 6) is -1.41. The Morgan fingerprint density at radius 2 is 1.67 bits per heavy atom.